The molecular weight excluding hydrogens is 308 g/mol. The number of aryl methyl sites for hydroxylation is 1. The summed E-state index contributed by atoms with van der Waals surface area (Å²) in [7, 11) is 0. The molecule has 0 saturated heterocycles. The van der Waals surface area contributed by atoms with Gasteiger partial charge in [0, 0.05) is 5.75 Å². The molecule has 0 bridgehead atoms. The Kier molecular flexibility index (Phi) is 4.12. The van der Waals surface area contributed by atoms with Crippen LogP contribution in [0.4, 0.5) is 0 Å². The van der Waals surface area contributed by atoms with Gasteiger partial charge in [-0.25, -0.2) is 4.98 Å². The average Bonchev–Trinajstić information content (AvgIpc) is 3.00. The Morgan fingerprint density at radius 3 is 2.81 bits per heavy atom. The van der Waals surface area contributed by atoms with Gasteiger partial charge in [-0.2, -0.15) is 24.7 Å². The molecule has 3 aromatic rings. The topological polar surface area (TPSA) is 69.4 Å². The van der Waals surface area contributed by atoms with Crippen LogP contribution in [0.15, 0.2) is 42.1 Å². The van der Waals surface area contributed by atoms with Crippen molar-refractivity contribution in [2.24, 2.45) is 0 Å². The second-order valence-electron chi connectivity index (χ2n) is 4.24. The van der Waals surface area contributed by atoms with Crippen LogP contribution in [0, 0.1) is 6.92 Å². The molecule has 0 aliphatic heterocycles. The molecule has 0 saturated carbocycles. The van der Waals surface area contributed by atoms with E-state index in [1.807, 2.05) is 12.1 Å². The van der Waals surface area contributed by atoms with E-state index in [9.17, 15) is 0 Å². The lowest BCUT2D eigenvalue weighted by atomic mass is 10.1. The molecule has 8 heteroatoms. The number of hydrogen-bond acceptors (Lipinski definition) is 6. The highest BCUT2D eigenvalue weighted by Gasteiger charge is 2.09. The number of benzene rings is 1. The fourth-order valence-electron chi connectivity index (χ4n) is 1.71. The van der Waals surface area contributed by atoms with Gasteiger partial charge in [0.05, 0.1) is 0 Å². The first-order valence-electron chi connectivity index (χ1n) is 6.16. The zero-order valence-corrected chi connectivity index (χ0v) is 12.7. The maximum Gasteiger partial charge on any atom is 0.257 e. The van der Waals surface area contributed by atoms with Crippen molar-refractivity contribution in [3.05, 3.63) is 53.3 Å². The summed E-state index contributed by atoms with van der Waals surface area (Å²) in [5.74, 6) is 1.13. The third-order valence-corrected chi connectivity index (χ3v) is 3.88. The minimum Gasteiger partial charge on any atom is -0.223 e. The highest BCUT2D eigenvalue weighted by molar-refractivity contribution is 7.98. The highest BCUT2D eigenvalue weighted by atomic mass is 35.5. The molecule has 106 valence electrons. The molecule has 0 atom stereocenters. The monoisotopic (exact) mass is 318 g/mol. The van der Waals surface area contributed by atoms with E-state index in [0.717, 1.165) is 5.75 Å². The van der Waals surface area contributed by atoms with Gasteiger partial charge >= 0.3 is 0 Å². The lowest BCUT2D eigenvalue weighted by Gasteiger charge is -2.05. The number of thioether (sulfide) groups is 1. The van der Waals surface area contributed by atoms with Crippen LogP contribution in [0.5, 0.6) is 0 Å². The lowest BCUT2D eigenvalue weighted by Crippen LogP contribution is -2.04. The molecule has 6 nitrogen and oxygen atoms in total. The molecule has 0 fully saturated rings. The molecule has 21 heavy (non-hydrogen) atoms. The third-order valence-electron chi connectivity index (χ3n) is 2.82. The number of halogens is 1. The summed E-state index contributed by atoms with van der Waals surface area (Å²) < 4.78 is 1.45. The molecule has 0 N–H and O–H groups in total. The SMILES string of the molecule is Cc1ccccc1CSc1nc(Cl)nc(-n2cncn2)n1. The summed E-state index contributed by atoms with van der Waals surface area (Å²) in [6.45, 7) is 2.08. The van der Waals surface area contributed by atoms with Gasteiger partial charge in [0.15, 0.2) is 5.16 Å². The van der Waals surface area contributed by atoms with Crippen LogP contribution in [0.2, 0.25) is 5.28 Å². The van der Waals surface area contributed by atoms with E-state index >= 15 is 0 Å². The van der Waals surface area contributed by atoms with Crippen molar-refractivity contribution in [2.75, 3.05) is 0 Å². The molecule has 2 aromatic heterocycles. The van der Waals surface area contributed by atoms with Crippen LogP contribution in [-0.2, 0) is 5.75 Å². The molecule has 3 rings (SSSR count). The standard InChI is InChI=1S/C13H11ClN6S/c1-9-4-2-3-5-10(9)6-21-13-18-11(14)17-12(19-13)20-8-15-7-16-20/h2-5,7-8H,6H2,1H3. The minimum atomic E-state index is 0.141. The van der Waals surface area contributed by atoms with E-state index in [0.29, 0.717) is 11.1 Å². The van der Waals surface area contributed by atoms with Gasteiger partial charge in [0.1, 0.15) is 12.7 Å². The molecule has 0 aliphatic rings. The predicted octanol–water partition coefficient (Wildman–Crippen LogP) is 2.71. The second-order valence-corrected chi connectivity index (χ2v) is 5.52. The van der Waals surface area contributed by atoms with E-state index in [2.05, 4.69) is 44.1 Å². The van der Waals surface area contributed by atoms with Crippen molar-refractivity contribution >= 4 is 23.4 Å². The molecule has 0 amide bonds. The van der Waals surface area contributed by atoms with E-state index < -0.39 is 0 Å². The van der Waals surface area contributed by atoms with Crippen molar-refractivity contribution < 1.29 is 0 Å². The fourth-order valence-corrected chi connectivity index (χ4v) is 2.83. The van der Waals surface area contributed by atoms with Crippen LogP contribution in [0.1, 0.15) is 11.1 Å². The Labute approximate surface area is 130 Å². The number of aromatic nitrogens is 6. The van der Waals surface area contributed by atoms with Crippen molar-refractivity contribution in [1.29, 1.82) is 0 Å². The Morgan fingerprint density at radius 1 is 1.19 bits per heavy atom. The Balaban J connectivity index is 1.81. The molecule has 0 aliphatic carbocycles. The van der Waals surface area contributed by atoms with Crippen LogP contribution in [0.25, 0.3) is 5.95 Å². The first-order chi connectivity index (χ1) is 10.2. The Bertz CT molecular complexity index is 746. The van der Waals surface area contributed by atoms with Crippen molar-refractivity contribution in [3.63, 3.8) is 0 Å². The van der Waals surface area contributed by atoms with Crippen molar-refractivity contribution in [1.82, 2.24) is 29.7 Å². The third kappa shape index (κ3) is 3.37. The van der Waals surface area contributed by atoms with Crippen LogP contribution in [0.3, 0.4) is 0 Å². The van der Waals surface area contributed by atoms with Crippen LogP contribution < -0.4 is 0 Å². The first-order valence-corrected chi connectivity index (χ1v) is 7.52. The van der Waals surface area contributed by atoms with E-state index in [1.165, 1.54) is 40.2 Å². The van der Waals surface area contributed by atoms with E-state index in [1.54, 1.807) is 0 Å². The van der Waals surface area contributed by atoms with Gasteiger partial charge in [-0.3, -0.25) is 0 Å². The van der Waals surface area contributed by atoms with Gasteiger partial charge < -0.3 is 0 Å². The van der Waals surface area contributed by atoms with E-state index in [4.69, 9.17) is 11.6 Å². The predicted molar refractivity (Wildman–Crippen MR) is 80.5 cm³/mol. The Morgan fingerprint density at radius 2 is 2.05 bits per heavy atom. The molecule has 0 unspecified atom stereocenters. The Hall–Kier alpha value is -1.99. The molecule has 1 aromatic carbocycles. The summed E-state index contributed by atoms with van der Waals surface area (Å²) in [6, 6.07) is 8.21. The van der Waals surface area contributed by atoms with Crippen molar-refractivity contribution in [2.45, 2.75) is 17.8 Å². The number of nitrogens with zero attached hydrogens (tertiary/aromatic N) is 6. The first kappa shape index (κ1) is 14.0. The summed E-state index contributed by atoms with van der Waals surface area (Å²) in [4.78, 5) is 16.4. The second kappa shape index (κ2) is 6.19. The maximum atomic E-state index is 5.94. The number of rotatable bonds is 4. The van der Waals surface area contributed by atoms with Gasteiger partial charge in [0.25, 0.3) is 5.95 Å². The summed E-state index contributed by atoms with van der Waals surface area (Å²) in [5.41, 5.74) is 2.47. The normalized spacial score (nSPS) is 10.8. The average molecular weight is 319 g/mol. The van der Waals surface area contributed by atoms with Crippen molar-refractivity contribution in [3.8, 4) is 5.95 Å². The van der Waals surface area contributed by atoms with Gasteiger partial charge in [0.2, 0.25) is 5.28 Å². The molecule has 0 spiro atoms. The zero-order valence-electron chi connectivity index (χ0n) is 11.1. The van der Waals surface area contributed by atoms with E-state index in [-0.39, 0.29) is 5.28 Å². The minimum absolute atomic E-state index is 0.141. The van der Waals surface area contributed by atoms with Crippen LogP contribution >= 0.6 is 23.4 Å². The smallest absolute Gasteiger partial charge is 0.223 e. The molecule has 0 radical (unpaired) electrons. The zero-order chi connectivity index (χ0) is 14.7. The number of hydrogen-bond donors (Lipinski definition) is 0. The summed E-state index contributed by atoms with van der Waals surface area (Å²) >= 11 is 7.45. The highest BCUT2D eigenvalue weighted by Crippen LogP contribution is 2.22. The van der Waals surface area contributed by atoms with Gasteiger partial charge in [-0.1, -0.05) is 36.0 Å². The summed E-state index contributed by atoms with van der Waals surface area (Å²) in [5, 5.41) is 4.69. The fraction of sp³-hybridized carbons (Fsp3) is 0.154. The lowest BCUT2D eigenvalue weighted by molar-refractivity contribution is 0.757. The van der Waals surface area contributed by atoms with Gasteiger partial charge in [-0.05, 0) is 29.7 Å². The molecular formula is C13H11ClN6S. The quantitative estimate of drug-likeness (QED) is 0.689. The largest absolute Gasteiger partial charge is 0.257 e. The summed E-state index contributed by atoms with van der Waals surface area (Å²) in [6.07, 6.45) is 2.93. The van der Waals surface area contributed by atoms with Gasteiger partial charge in [-0.15, -0.1) is 0 Å². The molecule has 2 heterocycles. The maximum absolute atomic E-state index is 5.94. The van der Waals surface area contributed by atoms with Crippen LogP contribution in [-0.4, -0.2) is 29.7 Å².